The quantitative estimate of drug-likeness (QED) is 0.882. The maximum Gasteiger partial charge on any atom is 0.203 e. The van der Waals surface area contributed by atoms with Gasteiger partial charge in [-0.1, -0.05) is 0 Å². The molecule has 0 aromatic heterocycles. The molecule has 104 valence electrons. The standard InChI is InChI=1S/C14H19NO4/c1-16-11-7-6-9(13(17-2)14(11)18-3)12(15)10-5-4-8-19-10/h5-7,12H,4,8,15H2,1-3H3. The molecule has 0 aliphatic carbocycles. The van der Waals surface area contributed by atoms with Gasteiger partial charge in [-0.05, 0) is 18.2 Å². The summed E-state index contributed by atoms with van der Waals surface area (Å²) in [5, 5.41) is 0. The predicted molar refractivity (Wildman–Crippen MR) is 71.7 cm³/mol. The van der Waals surface area contributed by atoms with E-state index in [4.69, 9.17) is 24.7 Å². The van der Waals surface area contributed by atoms with Crippen LogP contribution < -0.4 is 19.9 Å². The van der Waals surface area contributed by atoms with Gasteiger partial charge in [-0.15, -0.1) is 0 Å². The Kier molecular flexibility index (Phi) is 4.16. The first kappa shape index (κ1) is 13.5. The van der Waals surface area contributed by atoms with Gasteiger partial charge in [-0.3, -0.25) is 0 Å². The van der Waals surface area contributed by atoms with Gasteiger partial charge in [0.05, 0.1) is 34.0 Å². The third-order valence-corrected chi connectivity index (χ3v) is 3.11. The van der Waals surface area contributed by atoms with E-state index < -0.39 is 0 Å². The summed E-state index contributed by atoms with van der Waals surface area (Å²) in [5.74, 6) is 2.49. The van der Waals surface area contributed by atoms with Crippen molar-refractivity contribution in [3.05, 3.63) is 29.5 Å². The molecule has 0 amide bonds. The minimum atomic E-state index is -0.364. The Balaban J connectivity index is 2.45. The summed E-state index contributed by atoms with van der Waals surface area (Å²) in [4.78, 5) is 0. The first-order valence-corrected chi connectivity index (χ1v) is 6.10. The zero-order valence-electron chi connectivity index (χ0n) is 11.4. The van der Waals surface area contributed by atoms with Crippen LogP contribution in [0.2, 0.25) is 0 Å². The second kappa shape index (κ2) is 5.84. The lowest BCUT2D eigenvalue weighted by molar-refractivity contribution is 0.223. The van der Waals surface area contributed by atoms with Crippen molar-refractivity contribution in [1.29, 1.82) is 0 Å². The van der Waals surface area contributed by atoms with Crippen LogP contribution in [-0.4, -0.2) is 27.9 Å². The Morgan fingerprint density at radius 1 is 1.11 bits per heavy atom. The first-order valence-electron chi connectivity index (χ1n) is 6.10. The lowest BCUT2D eigenvalue weighted by Crippen LogP contribution is -2.15. The van der Waals surface area contributed by atoms with Crippen molar-refractivity contribution in [2.45, 2.75) is 12.5 Å². The normalized spacial score (nSPS) is 15.5. The third kappa shape index (κ3) is 2.46. The van der Waals surface area contributed by atoms with E-state index >= 15 is 0 Å². The van der Waals surface area contributed by atoms with Crippen molar-refractivity contribution in [1.82, 2.24) is 0 Å². The van der Waals surface area contributed by atoms with E-state index in [9.17, 15) is 0 Å². The molecule has 1 aromatic carbocycles. The lowest BCUT2D eigenvalue weighted by atomic mass is 10.0. The van der Waals surface area contributed by atoms with Crippen molar-refractivity contribution in [3.63, 3.8) is 0 Å². The van der Waals surface area contributed by atoms with E-state index in [1.165, 1.54) is 0 Å². The Morgan fingerprint density at radius 3 is 2.37 bits per heavy atom. The summed E-state index contributed by atoms with van der Waals surface area (Å²) < 4.78 is 21.5. The molecule has 0 radical (unpaired) electrons. The summed E-state index contributed by atoms with van der Waals surface area (Å²) in [6, 6.07) is 3.32. The number of nitrogens with two attached hydrogens (primary N) is 1. The number of ether oxygens (including phenoxy) is 4. The molecule has 1 unspecified atom stereocenters. The van der Waals surface area contributed by atoms with Crippen LogP contribution in [0, 0.1) is 0 Å². The summed E-state index contributed by atoms with van der Waals surface area (Å²) in [5.41, 5.74) is 7.04. The van der Waals surface area contributed by atoms with Gasteiger partial charge in [-0.2, -0.15) is 0 Å². The first-order chi connectivity index (χ1) is 9.22. The molecule has 0 spiro atoms. The topological polar surface area (TPSA) is 62.9 Å². The summed E-state index contributed by atoms with van der Waals surface area (Å²) in [6.07, 6.45) is 2.89. The second-order valence-electron chi connectivity index (χ2n) is 4.14. The molecule has 1 aliphatic rings. The molecule has 0 saturated heterocycles. The van der Waals surface area contributed by atoms with E-state index in [-0.39, 0.29) is 6.04 Å². The van der Waals surface area contributed by atoms with Gasteiger partial charge < -0.3 is 24.7 Å². The molecule has 19 heavy (non-hydrogen) atoms. The average molecular weight is 265 g/mol. The molecule has 0 saturated carbocycles. The molecule has 0 fully saturated rings. The van der Waals surface area contributed by atoms with Crippen LogP contribution in [0.1, 0.15) is 18.0 Å². The summed E-state index contributed by atoms with van der Waals surface area (Å²) in [6.45, 7) is 0.679. The van der Waals surface area contributed by atoms with Gasteiger partial charge >= 0.3 is 0 Å². The van der Waals surface area contributed by atoms with E-state index in [0.717, 1.165) is 17.7 Å². The Bertz CT molecular complexity index is 485. The smallest absolute Gasteiger partial charge is 0.203 e. The molecule has 2 rings (SSSR count). The van der Waals surface area contributed by atoms with Crippen LogP contribution in [0.4, 0.5) is 0 Å². The molecule has 5 nitrogen and oxygen atoms in total. The van der Waals surface area contributed by atoms with Crippen LogP contribution in [0.5, 0.6) is 17.2 Å². The number of benzene rings is 1. The van der Waals surface area contributed by atoms with Gasteiger partial charge in [0.25, 0.3) is 0 Å². The van der Waals surface area contributed by atoms with E-state index in [0.29, 0.717) is 23.9 Å². The van der Waals surface area contributed by atoms with Gasteiger partial charge in [0.1, 0.15) is 5.76 Å². The maximum absolute atomic E-state index is 6.22. The van der Waals surface area contributed by atoms with Crippen LogP contribution >= 0.6 is 0 Å². The zero-order valence-corrected chi connectivity index (χ0v) is 11.4. The highest BCUT2D eigenvalue weighted by Crippen LogP contribution is 2.43. The van der Waals surface area contributed by atoms with Crippen LogP contribution in [-0.2, 0) is 4.74 Å². The average Bonchev–Trinajstić information content (AvgIpc) is 2.98. The Hall–Kier alpha value is -1.88. The Morgan fingerprint density at radius 2 is 1.84 bits per heavy atom. The highest BCUT2D eigenvalue weighted by atomic mass is 16.5. The van der Waals surface area contributed by atoms with Crippen molar-refractivity contribution in [3.8, 4) is 17.2 Å². The number of hydrogen-bond acceptors (Lipinski definition) is 5. The molecule has 2 N–H and O–H groups in total. The van der Waals surface area contributed by atoms with E-state index in [1.807, 2.05) is 18.2 Å². The zero-order chi connectivity index (χ0) is 13.8. The predicted octanol–water partition coefficient (Wildman–Crippen LogP) is 2.02. The van der Waals surface area contributed by atoms with Gasteiger partial charge in [0, 0.05) is 12.0 Å². The minimum Gasteiger partial charge on any atom is -0.496 e. The second-order valence-corrected chi connectivity index (χ2v) is 4.14. The van der Waals surface area contributed by atoms with E-state index in [2.05, 4.69) is 0 Å². The van der Waals surface area contributed by atoms with Crippen LogP contribution in [0.3, 0.4) is 0 Å². The van der Waals surface area contributed by atoms with Crippen molar-refractivity contribution in [2.24, 2.45) is 5.73 Å². The number of rotatable bonds is 5. The summed E-state index contributed by atoms with van der Waals surface area (Å²) in [7, 11) is 4.73. The molecule has 5 heteroatoms. The van der Waals surface area contributed by atoms with Gasteiger partial charge in [-0.25, -0.2) is 0 Å². The van der Waals surface area contributed by atoms with Gasteiger partial charge in [0.2, 0.25) is 5.75 Å². The van der Waals surface area contributed by atoms with E-state index in [1.54, 1.807) is 21.3 Å². The fraction of sp³-hybridized carbons (Fsp3) is 0.429. The highest BCUT2D eigenvalue weighted by Gasteiger charge is 2.24. The van der Waals surface area contributed by atoms with Crippen molar-refractivity contribution >= 4 is 0 Å². The SMILES string of the molecule is COc1ccc(C(N)C2=CCCO2)c(OC)c1OC. The van der Waals surface area contributed by atoms with Gasteiger partial charge in [0.15, 0.2) is 11.5 Å². The molecular formula is C14H19NO4. The van der Waals surface area contributed by atoms with Crippen molar-refractivity contribution in [2.75, 3.05) is 27.9 Å². The number of hydrogen-bond donors (Lipinski definition) is 1. The molecular weight excluding hydrogens is 246 g/mol. The lowest BCUT2D eigenvalue weighted by Gasteiger charge is -2.20. The number of methoxy groups -OCH3 is 3. The molecule has 1 heterocycles. The summed E-state index contributed by atoms with van der Waals surface area (Å²) >= 11 is 0. The molecule has 1 atom stereocenters. The molecule has 1 aliphatic heterocycles. The fourth-order valence-electron chi connectivity index (χ4n) is 2.18. The van der Waals surface area contributed by atoms with Crippen molar-refractivity contribution < 1.29 is 18.9 Å². The minimum absolute atomic E-state index is 0.364. The molecule has 1 aromatic rings. The highest BCUT2D eigenvalue weighted by molar-refractivity contribution is 5.57. The Labute approximate surface area is 112 Å². The largest absolute Gasteiger partial charge is 0.496 e. The fourth-order valence-corrected chi connectivity index (χ4v) is 2.18. The monoisotopic (exact) mass is 265 g/mol. The van der Waals surface area contributed by atoms with Crippen LogP contribution in [0.25, 0.3) is 0 Å². The molecule has 0 bridgehead atoms. The third-order valence-electron chi connectivity index (χ3n) is 3.11. The van der Waals surface area contributed by atoms with Crippen LogP contribution in [0.15, 0.2) is 24.0 Å². The maximum atomic E-state index is 6.22.